The largest absolute Gasteiger partial charge is 0.336 e. The van der Waals surface area contributed by atoms with Crippen molar-refractivity contribution in [2.24, 2.45) is 0 Å². The molecule has 0 unspecified atom stereocenters. The summed E-state index contributed by atoms with van der Waals surface area (Å²) >= 11 is 0. The Labute approximate surface area is 159 Å². The average Bonchev–Trinajstić information content (AvgIpc) is 2.76. The third kappa shape index (κ3) is 3.88. The Kier molecular flexibility index (Phi) is 5.21. The molecule has 0 radical (unpaired) electrons. The van der Waals surface area contributed by atoms with E-state index in [4.69, 9.17) is 0 Å². The molecule has 27 heavy (non-hydrogen) atoms. The summed E-state index contributed by atoms with van der Waals surface area (Å²) in [5.41, 5.74) is 3.16. The predicted octanol–water partition coefficient (Wildman–Crippen LogP) is 3.02. The highest BCUT2D eigenvalue weighted by Crippen LogP contribution is 2.29. The highest BCUT2D eigenvalue weighted by molar-refractivity contribution is 5.93. The van der Waals surface area contributed by atoms with Gasteiger partial charge in [-0.2, -0.15) is 10.2 Å². The molecular formula is C22H22N4O. The van der Waals surface area contributed by atoms with E-state index in [1.54, 1.807) is 12.3 Å². The fourth-order valence-corrected chi connectivity index (χ4v) is 3.67. The molecule has 0 spiro atoms. The molecule has 1 amide bonds. The molecule has 0 saturated carbocycles. The highest BCUT2D eigenvalue weighted by atomic mass is 16.2. The minimum absolute atomic E-state index is 0.0283. The molecule has 0 N–H and O–H groups in total. The maximum Gasteiger partial charge on any atom is 0.255 e. The van der Waals surface area contributed by atoms with Gasteiger partial charge < -0.3 is 4.90 Å². The third-order valence-corrected chi connectivity index (χ3v) is 5.03. The van der Waals surface area contributed by atoms with Crippen LogP contribution in [0.25, 0.3) is 0 Å². The van der Waals surface area contributed by atoms with Crippen LogP contribution in [0.15, 0.2) is 79.1 Å². The molecule has 1 fully saturated rings. The Bertz CT molecular complexity index is 823. The standard InChI is InChI=1S/C22H22N4O/c27-22(20-11-12-23-24-17-20)26-15-13-25(14-16-26)21(18-7-3-1-4-8-18)19-9-5-2-6-10-19/h1-12,17,21H,13-16H2. The highest BCUT2D eigenvalue weighted by Gasteiger charge is 2.28. The summed E-state index contributed by atoms with van der Waals surface area (Å²) in [7, 11) is 0. The number of rotatable bonds is 4. The molecule has 2 aromatic carbocycles. The van der Waals surface area contributed by atoms with Crippen molar-refractivity contribution in [1.82, 2.24) is 20.0 Å². The lowest BCUT2D eigenvalue weighted by Crippen LogP contribution is -2.49. The molecule has 1 saturated heterocycles. The van der Waals surface area contributed by atoms with Crippen molar-refractivity contribution < 1.29 is 4.79 Å². The van der Waals surface area contributed by atoms with Crippen molar-refractivity contribution in [3.05, 3.63) is 95.8 Å². The molecule has 136 valence electrons. The second-order valence-corrected chi connectivity index (χ2v) is 6.68. The summed E-state index contributed by atoms with van der Waals surface area (Å²) in [6, 6.07) is 23.1. The van der Waals surface area contributed by atoms with Crippen molar-refractivity contribution in [3.63, 3.8) is 0 Å². The van der Waals surface area contributed by atoms with Crippen molar-refractivity contribution >= 4 is 5.91 Å². The SMILES string of the molecule is O=C(c1ccnnc1)N1CCN(C(c2ccccc2)c2ccccc2)CC1. The van der Waals surface area contributed by atoms with Crippen LogP contribution in [0.3, 0.4) is 0 Å². The lowest BCUT2D eigenvalue weighted by atomic mass is 9.96. The number of hydrogen-bond acceptors (Lipinski definition) is 4. The van der Waals surface area contributed by atoms with E-state index >= 15 is 0 Å². The van der Waals surface area contributed by atoms with E-state index < -0.39 is 0 Å². The molecule has 1 aliphatic heterocycles. The smallest absolute Gasteiger partial charge is 0.255 e. The minimum atomic E-state index is 0.0283. The number of nitrogens with zero attached hydrogens (tertiary/aromatic N) is 4. The number of aromatic nitrogens is 2. The molecule has 0 aliphatic carbocycles. The average molecular weight is 358 g/mol. The first-order valence-corrected chi connectivity index (χ1v) is 9.23. The molecule has 1 aromatic heterocycles. The van der Waals surface area contributed by atoms with Gasteiger partial charge >= 0.3 is 0 Å². The van der Waals surface area contributed by atoms with Gasteiger partial charge in [-0.25, -0.2) is 0 Å². The first-order valence-electron chi connectivity index (χ1n) is 9.23. The van der Waals surface area contributed by atoms with Gasteiger partial charge in [-0.1, -0.05) is 60.7 Å². The minimum Gasteiger partial charge on any atom is -0.336 e. The van der Waals surface area contributed by atoms with Crippen LogP contribution in [0.5, 0.6) is 0 Å². The molecule has 0 bridgehead atoms. The maximum absolute atomic E-state index is 12.7. The summed E-state index contributed by atoms with van der Waals surface area (Å²) in [5.74, 6) is 0.0283. The summed E-state index contributed by atoms with van der Waals surface area (Å²) in [6.07, 6.45) is 3.09. The van der Waals surface area contributed by atoms with Crippen LogP contribution >= 0.6 is 0 Å². The van der Waals surface area contributed by atoms with Gasteiger partial charge in [0.2, 0.25) is 0 Å². The van der Waals surface area contributed by atoms with Crippen LogP contribution in [0.2, 0.25) is 0 Å². The van der Waals surface area contributed by atoms with Crippen LogP contribution in [0.4, 0.5) is 0 Å². The van der Waals surface area contributed by atoms with E-state index in [2.05, 4.69) is 63.6 Å². The molecule has 0 atom stereocenters. The number of benzene rings is 2. The van der Waals surface area contributed by atoms with Crippen molar-refractivity contribution in [2.45, 2.75) is 6.04 Å². The summed E-state index contributed by atoms with van der Waals surface area (Å²) < 4.78 is 0. The zero-order chi connectivity index (χ0) is 18.5. The van der Waals surface area contributed by atoms with Crippen LogP contribution in [0, 0.1) is 0 Å². The zero-order valence-corrected chi connectivity index (χ0v) is 15.1. The monoisotopic (exact) mass is 358 g/mol. The Morgan fingerprint density at radius 1 is 0.778 bits per heavy atom. The fourth-order valence-electron chi connectivity index (χ4n) is 3.67. The van der Waals surface area contributed by atoms with Gasteiger partial charge in [-0.3, -0.25) is 9.69 Å². The van der Waals surface area contributed by atoms with E-state index in [0.29, 0.717) is 18.7 Å². The second kappa shape index (κ2) is 8.10. The fraction of sp³-hybridized carbons (Fsp3) is 0.227. The molecule has 2 heterocycles. The summed E-state index contributed by atoms with van der Waals surface area (Å²) in [5, 5.41) is 7.56. The van der Waals surface area contributed by atoms with Crippen LogP contribution in [0.1, 0.15) is 27.5 Å². The second-order valence-electron chi connectivity index (χ2n) is 6.68. The molecule has 4 rings (SSSR count). The molecule has 1 aliphatic rings. The first-order chi connectivity index (χ1) is 13.3. The van der Waals surface area contributed by atoms with E-state index in [-0.39, 0.29) is 11.9 Å². The van der Waals surface area contributed by atoms with Gasteiger partial charge in [0.1, 0.15) is 0 Å². The van der Waals surface area contributed by atoms with Gasteiger partial charge in [0.25, 0.3) is 5.91 Å². The molecule has 3 aromatic rings. The van der Waals surface area contributed by atoms with Crippen LogP contribution in [-0.4, -0.2) is 52.1 Å². The van der Waals surface area contributed by atoms with E-state index in [1.807, 2.05) is 17.0 Å². The molecule has 5 heteroatoms. The summed E-state index contributed by atoms with van der Waals surface area (Å²) in [6.45, 7) is 3.08. The Balaban J connectivity index is 1.51. The third-order valence-electron chi connectivity index (χ3n) is 5.03. The molecule has 5 nitrogen and oxygen atoms in total. The lowest BCUT2D eigenvalue weighted by Gasteiger charge is -2.39. The number of carbonyl (C=O) groups is 1. The zero-order valence-electron chi connectivity index (χ0n) is 15.1. The summed E-state index contributed by atoms with van der Waals surface area (Å²) in [4.78, 5) is 17.0. The normalized spacial score (nSPS) is 15.1. The van der Waals surface area contributed by atoms with E-state index in [1.165, 1.54) is 17.3 Å². The van der Waals surface area contributed by atoms with Gasteiger partial charge in [0, 0.05) is 26.2 Å². The number of carbonyl (C=O) groups excluding carboxylic acids is 1. The first kappa shape index (κ1) is 17.4. The van der Waals surface area contributed by atoms with Gasteiger partial charge in [-0.15, -0.1) is 0 Å². The Morgan fingerprint density at radius 2 is 1.37 bits per heavy atom. The Morgan fingerprint density at radius 3 is 1.89 bits per heavy atom. The van der Waals surface area contributed by atoms with Gasteiger partial charge in [0.15, 0.2) is 0 Å². The van der Waals surface area contributed by atoms with Crippen molar-refractivity contribution in [3.8, 4) is 0 Å². The van der Waals surface area contributed by atoms with Gasteiger partial charge in [-0.05, 0) is 17.2 Å². The van der Waals surface area contributed by atoms with Crippen LogP contribution < -0.4 is 0 Å². The Hall–Kier alpha value is -3.05. The molecular weight excluding hydrogens is 336 g/mol. The number of hydrogen-bond donors (Lipinski definition) is 0. The van der Waals surface area contributed by atoms with Crippen molar-refractivity contribution in [2.75, 3.05) is 26.2 Å². The lowest BCUT2D eigenvalue weighted by molar-refractivity contribution is 0.0597. The quantitative estimate of drug-likeness (QED) is 0.719. The number of amides is 1. The van der Waals surface area contributed by atoms with Gasteiger partial charge in [0.05, 0.1) is 24.0 Å². The topological polar surface area (TPSA) is 49.3 Å². The van der Waals surface area contributed by atoms with E-state index in [0.717, 1.165) is 13.1 Å². The van der Waals surface area contributed by atoms with E-state index in [9.17, 15) is 4.79 Å². The number of piperazine rings is 1. The maximum atomic E-state index is 12.7. The van der Waals surface area contributed by atoms with Crippen LogP contribution in [-0.2, 0) is 0 Å². The predicted molar refractivity (Wildman–Crippen MR) is 104 cm³/mol. The van der Waals surface area contributed by atoms with Crippen molar-refractivity contribution in [1.29, 1.82) is 0 Å².